The SMILES string of the molecule is COc1ccc(-c2nc(CSc3nnnn3Cc3ccco3)cs2)cc1OC. The van der Waals surface area contributed by atoms with Gasteiger partial charge in [-0.1, -0.05) is 11.8 Å². The summed E-state index contributed by atoms with van der Waals surface area (Å²) >= 11 is 3.12. The van der Waals surface area contributed by atoms with E-state index in [0.29, 0.717) is 23.8 Å². The van der Waals surface area contributed by atoms with Crippen LogP contribution in [0.5, 0.6) is 11.5 Å². The summed E-state index contributed by atoms with van der Waals surface area (Å²) in [6, 6.07) is 9.52. The number of ether oxygens (including phenoxy) is 2. The average Bonchev–Trinajstić information content (AvgIpc) is 3.48. The van der Waals surface area contributed by atoms with Crippen molar-refractivity contribution in [1.29, 1.82) is 0 Å². The Morgan fingerprint density at radius 3 is 2.86 bits per heavy atom. The van der Waals surface area contributed by atoms with E-state index < -0.39 is 0 Å². The first kappa shape index (κ1) is 18.5. The lowest BCUT2D eigenvalue weighted by Gasteiger charge is -2.08. The quantitative estimate of drug-likeness (QED) is 0.402. The highest BCUT2D eigenvalue weighted by atomic mass is 32.2. The van der Waals surface area contributed by atoms with Gasteiger partial charge in [0, 0.05) is 16.7 Å². The molecule has 0 aliphatic carbocycles. The summed E-state index contributed by atoms with van der Waals surface area (Å²) in [5, 5.41) is 15.6. The van der Waals surface area contributed by atoms with Crippen molar-refractivity contribution < 1.29 is 13.9 Å². The van der Waals surface area contributed by atoms with E-state index in [9.17, 15) is 0 Å². The highest BCUT2D eigenvalue weighted by molar-refractivity contribution is 7.98. The second-order valence-electron chi connectivity index (χ2n) is 5.70. The molecule has 4 rings (SSSR count). The van der Waals surface area contributed by atoms with Crippen LogP contribution in [0.1, 0.15) is 11.5 Å². The molecule has 4 aromatic rings. The van der Waals surface area contributed by atoms with Crippen molar-refractivity contribution in [2.24, 2.45) is 0 Å². The predicted octanol–water partition coefficient (Wildman–Crippen LogP) is 3.75. The summed E-state index contributed by atoms with van der Waals surface area (Å²) < 4.78 is 17.7. The number of thiazole rings is 1. The molecule has 8 nitrogen and oxygen atoms in total. The number of tetrazole rings is 1. The van der Waals surface area contributed by atoms with Crippen molar-refractivity contribution in [2.75, 3.05) is 14.2 Å². The summed E-state index contributed by atoms with van der Waals surface area (Å²) in [7, 11) is 3.24. The lowest BCUT2D eigenvalue weighted by Crippen LogP contribution is -2.03. The molecule has 28 heavy (non-hydrogen) atoms. The van der Waals surface area contributed by atoms with E-state index >= 15 is 0 Å². The zero-order valence-electron chi connectivity index (χ0n) is 15.2. The Hall–Kier alpha value is -2.85. The number of hydrogen-bond acceptors (Lipinski definition) is 9. The number of aromatic nitrogens is 5. The predicted molar refractivity (Wildman–Crippen MR) is 106 cm³/mol. The number of hydrogen-bond donors (Lipinski definition) is 0. The fraction of sp³-hybridized carbons (Fsp3) is 0.222. The Kier molecular flexibility index (Phi) is 5.58. The molecule has 3 aromatic heterocycles. The van der Waals surface area contributed by atoms with Crippen molar-refractivity contribution in [2.45, 2.75) is 17.5 Å². The zero-order valence-corrected chi connectivity index (χ0v) is 16.9. The molecule has 0 aliphatic rings. The van der Waals surface area contributed by atoms with Crippen molar-refractivity contribution in [1.82, 2.24) is 25.2 Å². The van der Waals surface area contributed by atoms with Gasteiger partial charge in [0.2, 0.25) is 5.16 Å². The van der Waals surface area contributed by atoms with Gasteiger partial charge in [-0.25, -0.2) is 9.67 Å². The maximum absolute atomic E-state index is 5.37. The van der Waals surface area contributed by atoms with E-state index in [2.05, 4.69) is 15.5 Å². The molecule has 0 unspecified atom stereocenters. The number of benzene rings is 1. The highest BCUT2D eigenvalue weighted by Crippen LogP contribution is 2.34. The van der Waals surface area contributed by atoms with Crippen LogP contribution >= 0.6 is 23.1 Å². The van der Waals surface area contributed by atoms with Crippen molar-refractivity contribution in [3.8, 4) is 22.1 Å². The fourth-order valence-corrected chi connectivity index (χ4v) is 4.25. The maximum Gasteiger partial charge on any atom is 0.210 e. The van der Waals surface area contributed by atoms with Crippen molar-refractivity contribution >= 4 is 23.1 Å². The monoisotopic (exact) mass is 415 g/mol. The van der Waals surface area contributed by atoms with E-state index in [-0.39, 0.29) is 0 Å². The second-order valence-corrected chi connectivity index (χ2v) is 7.50. The molecule has 144 valence electrons. The van der Waals surface area contributed by atoms with Crippen LogP contribution < -0.4 is 9.47 Å². The molecule has 10 heteroatoms. The first-order chi connectivity index (χ1) is 13.8. The van der Waals surface area contributed by atoms with E-state index in [1.54, 1.807) is 36.5 Å². The molecule has 0 fully saturated rings. The lowest BCUT2D eigenvalue weighted by atomic mass is 10.2. The minimum atomic E-state index is 0.496. The Morgan fingerprint density at radius 1 is 1.18 bits per heavy atom. The summed E-state index contributed by atoms with van der Waals surface area (Å²) in [5.41, 5.74) is 1.95. The molecule has 0 spiro atoms. The fourth-order valence-electron chi connectivity index (χ4n) is 2.56. The van der Waals surface area contributed by atoms with Crippen molar-refractivity contribution in [3.63, 3.8) is 0 Å². The molecule has 0 atom stereocenters. The third kappa shape index (κ3) is 4.02. The number of nitrogens with zero attached hydrogens (tertiary/aromatic N) is 5. The number of furan rings is 1. The van der Waals surface area contributed by atoms with Crippen LogP contribution in [0, 0.1) is 0 Å². The van der Waals surface area contributed by atoms with Crippen LogP contribution in [-0.2, 0) is 12.3 Å². The van der Waals surface area contributed by atoms with Crippen LogP contribution in [-0.4, -0.2) is 39.4 Å². The van der Waals surface area contributed by atoms with Crippen LogP contribution in [0.3, 0.4) is 0 Å². The zero-order chi connectivity index (χ0) is 19.3. The minimum Gasteiger partial charge on any atom is -0.493 e. The molecular weight excluding hydrogens is 398 g/mol. The third-order valence-corrected chi connectivity index (χ3v) is 5.85. The molecule has 0 radical (unpaired) electrons. The van der Waals surface area contributed by atoms with Crippen molar-refractivity contribution in [3.05, 3.63) is 53.4 Å². The van der Waals surface area contributed by atoms with Crippen LogP contribution in [0.2, 0.25) is 0 Å². The summed E-state index contributed by atoms with van der Waals surface area (Å²) in [4.78, 5) is 4.72. The summed E-state index contributed by atoms with van der Waals surface area (Å²) in [6.45, 7) is 0.496. The Labute approximate surface area is 169 Å². The van der Waals surface area contributed by atoms with Gasteiger partial charge in [0.05, 0.1) is 26.2 Å². The first-order valence-electron chi connectivity index (χ1n) is 8.35. The van der Waals surface area contributed by atoms with Crippen LogP contribution in [0.15, 0.2) is 51.5 Å². The molecule has 3 heterocycles. The topological polar surface area (TPSA) is 88.1 Å². The van der Waals surface area contributed by atoms with E-state index in [4.69, 9.17) is 18.9 Å². The number of rotatable bonds is 8. The lowest BCUT2D eigenvalue weighted by molar-refractivity contribution is 0.355. The molecule has 0 N–H and O–H groups in total. The molecule has 0 amide bonds. The Bertz CT molecular complexity index is 1050. The van der Waals surface area contributed by atoms with Crippen LogP contribution in [0.4, 0.5) is 0 Å². The van der Waals surface area contributed by atoms with Gasteiger partial charge in [0.25, 0.3) is 0 Å². The van der Waals surface area contributed by atoms with Gasteiger partial charge in [0.1, 0.15) is 17.3 Å². The molecule has 0 saturated carbocycles. The molecule has 0 aliphatic heterocycles. The molecule has 0 bridgehead atoms. The second kappa shape index (κ2) is 8.44. The highest BCUT2D eigenvalue weighted by Gasteiger charge is 2.12. The average molecular weight is 416 g/mol. The van der Waals surface area contributed by atoms with E-state index in [0.717, 1.165) is 27.2 Å². The van der Waals surface area contributed by atoms with Gasteiger partial charge in [-0.05, 0) is 40.8 Å². The van der Waals surface area contributed by atoms with Crippen LogP contribution in [0.25, 0.3) is 10.6 Å². The number of methoxy groups -OCH3 is 2. The summed E-state index contributed by atoms with van der Waals surface area (Å²) in [5.74, 6) is 2.85. The van der Waals surface area contributed by atoms with Gasteiger partial charge < -0.3 is 13.9 Å². The first-order valence-corrected chi connectivity index (χ1v) is 10.2. The Balaban J connectivity index is 1.44. The molecule has 1 aromatic carbocycles. The van der Waals surface area contributed by atoms with E-state index in [1.807, 2.05) is 35.7 Å². The van der Waals surface area contributed by atoms with Gasteiger partial charge >= 0.3 is 0 Å². The van der Waals surface area contributed by atoms with Gasteiger partial charge in [-0.2, -0.15) is 0 Å². The van der Waals surface area contributed by atoms with Gasteiger partial charge in [-0.15, -0.1) is 16.4 Å². The van der Waals surface area contributed by atoms with E-state index in [1.165, 1.54) is 11.8 Å². The number of thioether (sulfide) groups is 1. The van der Waals surface area contributed by atoms with Gasteiger partial charge in [-0.3, -0.25) is 0 Å². The van der Waals surface area contributed by atoms with Gasteiger partial charge in [0.15, 0.2) is 11.5 Å². The molecular formula is C18H17N5O3S2. The maximum atomic E-state index is 5.37. The normalized spacial score (nSPS) is 10.9. The standard InChI is InChI=1S/C18H17N5O3S2/c1-24-15-6-5-12(8-16(15)25-2)17-19-13(10-27-17)11-28-18-20-21-22-23(18)9-14-4-3-7-26-14/h3-8,10H,9,11H2,1-2H3. The third-order valence-electron chi connectivity index (χ3n) is 3.92. The summed E-state index contributed by atoms with van der Waals surface area (Å²) in [6.07, 6.45) is 1.64. The minimum absolute atomic E-state index is 0.496. The Morgan fingerprint density at radius 2 is 2.07 bits per heavy atom. The molecule has 0 saturated heterocycles. The smallest absolute Gasteiger partial charge is 0.210 e. The largest absolute Gasteiger partial charge is 0.493 e.